The van der Waals surface area contributed by atoms with Crippen LogP contribution in [0.15, 0.2) is 29.3 Å². The summed E-state index contributed by atoms with van der Waals surface area (Å²) in [5.74, 6) is -0.0308. The Hall–Kier alpha value is -2.07. The van der Waals surface area contributed by atoms with Crippen molar-refractivity contribution in [1.29, 1.82) is 0 Å². The molecule has 2 fully saturated rings. The minimum Gasteiger partial charge on any atom is -0.369 e. The highest BCUT2D eigenvalue weighted by molar-refractivity contribution is 8.15. The number of amides is 2. The summed E-state index contributed by atoms with van der Waals surface area (Å²) in [4.78, 5) is 30.0. The number of hydrogen-bond donors (Lipinski definition) is 2. The monoisotopic (exact) mass is 436 g/mol. The van der Waals surface area contributed by atoms with Gasteiger partial charge < -0.3 is 16.0 Å². The third kappa shape index (κ3) is 4.75. The molecule has 1 aromatic rings. The van der Waals surface area contributed by atoms with Gasteiger partial charge in [0.15, 0.2) is 15.0 Å². The Morgan fingerprint density at radius 3 is 2.48 bits per heavy atom. The van der Waals surface area contributed by atoms with Gasteiger partial charge in [-0.3, -0.25) is 14.6 Å². The van der Waals surface area contributed by atoms with Crippen LogP contribution in [-0.4, -0.2) is 66.2 Å². The number of thioether (sulfide) groups is 1. The number of rotatable bonds is 4. The molecule has 3 aliphatic rings. The summed E-state index contributed by atoms with van der Waals surface area (Å²) in [6, 6.07) is 7.46. The molecule has 3 N–H and O–H groups in total. The zero-order valence-corrected chi connectivity index (χ0v) is 17.5. The maximum Gasteiger partial charge on any atom is 0.226 e. The highest BCUT2D eigenvalue weighted by atomic mass is 32.2. The fourth-order valence-electron chi connectivity index (χ4n) is 3.95. The van der Waals surface area contributed by atoms with Crippen molar-refractivity contribution in [3.63, 3.8) is 0 Å². The third-order valence-corrected chi connectivity index (χ3v) is 8.77. The molecule has 0 aliphatic carbocycles. The zero-order valence-electron chi connectivity index (χ0n) is 15.9. The molecule has 2 saturated heterocycles. The number of carbonyl (C=O) groups excluding carboxylic acids is 2. The van der Waals surface area contributed by atoms with Gasteiger partial charge in [-0.1, -0.05) is 23.9 Å². The normalized spacial score (nSPS) is 26.1. The lowest BCUT2D eigenvalue weighted by molar-refractivity contribution is -0.134. The third-order valence-electron chi connectivity index (χ3n) is 5.63. The van der Waals surface area contributed by atoms with Crippen LogP contribution in [-0.2, 0) is 25.8 Å². The van der Waals surface area contributed by atoms with Crippen molar-refractivity contribution in [2.24, 2.45) is 16.6 Å². The first kappa shape index (κ1) is 20.2. The van der Waals surface area contributed by atoms with Crippen LogP contribution in [0, 0.1) is 5.92 Å². The van der Waals surface area contributed by atoms with Gasteiger partial charge in [0.05, 0.1) is 24.0 Å². The van der Waals surface area contributed by atoms with Gasteiger partial charge in [0, 0.05) is 29.9 Å². The van der Waals surface area contributed by atoms with E-state index in [1.54, 1.807) is 4.90 Å². The van der Waals surface area contributed by atoms with E-state index in [0.717, 1.165) is 16.4 Å². The summed E-state index contributed by atoms with van der Waals surface area (Å²) in [5.41, 5.74) is 7.12. The Bertz CT molecular complexity index is 937. The SMILES string of the molecule is NC(=O)C1CCN(C(=O)Cc2ccc(NC3=NC4CS(=O)(=O)CC4S3)cc2)CC1. The number of amidine groups is 1. The van der Waals surface area contributed by atoms with E-state index in [1.807, 2.05) is 24.3 Å². The highest BCUT2D eigenvalue weighted by Gasteiger charge is 2.42. The quantitative estimate of drug-likeness (QED) is 0.714. The second-order valence-corrected chi connectivity index (χ2v) is 11.2. The lowest BCUT2D eigenvalue weighted by Crippen LogP contribution is -2.42. The number of nitrogens with one attached hydrogen (secondary N) is 1. The number of primary amides is 1. The minimum atomic E-state index is -2.95. The number of sulfone groups is 1. The van der Waals surface area contributed by atoms with Crippen LogP contribution >= 0.6 is 11.8 Å². The Kier molecular flexibility index (Phi) is 5.56. The number of likely N-dealkylation sites (tertiary alicyclic amines) is 1. The lowest BCUT2D eigenvalue weighted by atomic mass is 9.96. The van der Waals surface area contributed by atoms with Crippen molar-refractivity contribution in [2.75, 3.05) is 29.9 Å². The predicted molar refractivity (Wildman–Crippen MR) is 114 cm³/mol. The molecule has 8 nitrogen and oxygen atoms in total. The van der Waals surface area contributed by atoms with Crippen molar-refractivity contribution in [3.05, 3.63) is 29.8 Å². The molecule has 3 aliphatic heterocycles. The van der Waals surface area contributed by atoms with Crippen LogP contribution < -0.4 is 11.1 Å². The number of aliphatic imine (C=N–C) groups is 1. The van der Waals surface area contributed by atoms with Crippen molar-refractivity contribution in [1.82, 2.24) is 4.90 Å². The summed E-state index contributed by atoms with van der Waals surface area (Å²) in [7, 11) is -2.95. The molecule has 1 aromatic carbocycles. The van der Waals surface area contributed by atoms with Gasteiger partial charge in [-0.05, 0) is 30.5 Å². The maximum atomic E-state index is 12.5. The predicted octanol–water partition coefficient (Wildman–Crippen LogP) is 0.633. The Morgan fingerprint density at radius 2 is 1.86 bits per heavy atom. The molecule has 156 valence electrons. The molecule has 0 bridgehead atoms. The zero-order chi connectivity index (χ0) is 20.6. The molecule has 0 radical (unpaired) electrons. The molecule has 2 atom stereocenters. The summed E-state index contributed by atoms with van der Waals surface area (Å²) in [6.07, 6.45) is 1.58. The standard InChI is InChI=1S/C19H24N4O4S2/c20-18(25)13-5-7-23(8-6-13)17(24)9-12-1-3-14(4-2-12)21-19-22-15-10-29(26,27)11-16(15)28-19/h1-4,13,15-16H,5-11H2,(H2,20,25)(H,21,22). The van der Waals surface area contributed by atoms with E-state index < -0.39 is 9.84 Å². The Balaban J connectivity index is 1.29. The Morgan fingerprint density at radius 1 is 1.17 bits per heavy atom. The van der Waals surface area contributed by atoms with E-state index in [4.69, 9.17) is 5.73 Å². The van der Waals surface area contributed by atoms with Gasteiger partial charge in [0.1, 0.15) is 0 Å². The van der Waals surface area contributed by atoms with E-state index in [9.17, 15) is 18.0 Å². The minimum absolute atomic E-state index is 0.0121. The number of benzene rings is 1. The van der Waals surface area contributed by atoms with Gasteiger partial charge in [0.2, 0.25) is 11.8 Å². The molecular formula is C19H24N4O4S2. The number of piperidine rings is 1. The number of nitrogens with two attached hydrogens (primary N) is 1. The van der Waals surface area contributed by atoms with Crippen LogP contribution in [0.1, 0.15) is 18.4 Å². The second kappa shape index (κ2) is 7.98. The van der Waals surface area contributed by atoms with Crippen LogP contribution in [0.25, 0.3) is 0 Å². The summed E-state index contributed by atoms with van der Waals surface area (Å²) in [5, 5.41) is 3.99. The number of anilines is 1. The molecule has 0 aromatic heterocycles. The van der Waals surface area contributed by atoms with E-state index in [0.29, 0.717) is 32.4 Å². The second-order valence-electron chi connectivity index (χ2n) is 7.79. The van der Waals surface area contributed by atoms with E-state index >= 15 is 0 Å². The van der Waals surface area contributed by atoms with Crippen molar-refractivity contribution in [3.8, 4) is 0 Å². The van der Waals surface area contributed by atoms with E-state index in [2.05, 4.69) is 10.3 Å². The fraction of sp³-hybridized carbons (Fsp3) is 0.526. The first-order valence-corrected chi connectivity index (χ1v) is 12.4. The van der Waals surface area contributed by atoms with E-state index in [1.165, 1.54) is 11.8 Å². The summed E-state index contributed by atoms with van der Waals surface area (Å²) in [6.45, 7) is 1.14. The van der Waals surface area contributed by atoms with E-state index in [-0.39, 0.29) is 40.5 Å². The summed E-state index contributed by atoms with van der Waals surface area (Å²) < 4.78 is 23.3. The topological polar surface area (TPSA) is 122 Å². The summed E-state index contributed by atoms with van der Waals surface area (Å²) >= 11 is 1.48. The van der Waals surface area contributed by atoms with Gasteiger partial charge >= 0.3 is 0 Å². The molecule has 3 heterocycles. The number of hydrogen-bond acceptors (Lipinski definition) is 7. The molecule has 2 amide bonds. The highest BCUT2D eigenvalue weighted by Crippen LogP contribution is 2.34. The first-order chi connectivity index (χ1) is 13.8. The van der Waals surface area contributed by atoms with Crippen LogP contribution in [0.4, 0.5) is 5.69 Å². The van der Waals surface area contributed by atoms with Crippen LogP contribution in [0.5, 0.6) is 0 Å². The molecule has 2 unspecified atom stereocenters. The average molecular weight is 437 g/mol. The fourth-order valence-corrected chi connectivity index (χ4v) is 7.62. The molecule has 0 saturated carbocycles. The molecule has 29 heavy (non-hydrogen) atoms. The number of nitrogens with zero attached hydrogens (tertiary/aromatic N) is 2. The smallest absolute Gasteiger partial charge is 0.226 e. The van der Waals surface area contributed by atoms with Gasteiger partial charge in [-0.2, -0.15) is 0 Å². The largest absolute Gasteiger partial charge is 0.369 e. The lowest BCUT2D eigenvalue weighted by Gasteiger charge is -2.30. The van der Waals surface area contributed by atoms with Gasteiger partial charge in [-0.15, -0.1) is 0 Å². The molecular weight excluding hydrogens is 412 g/mol. The van der Waals surface area contributed by atoms with Crippen molar-refractivity contribution < 1.29 is 18.0 Å². The molecule has 4 rings (SSSR count). The maximum absolute atomic E-state index is 12.5. The molecule has 10 heteroatoms. The first-order valence-electron chi connectivity index (χ1n) is 9.67. The van der Waals surface area contributed by atoms with Crippen LogP contribution in [0.2, 0.25) is 0 Å². The van der Waals surface area contributed by atoms with Crippen LogP contribution in [0.3, 0.4) is 0 Å². The molecule has 0 spiro atoms. The number of fused-ring (bicyclic) bond motifs is 1. The Labute approximate surface area is 174 Å². The van der Waals surface area contributed by atoms with Crippen molar-refractivity contribution >= 4 is 44.3 Å². The number of carbonyl (C=O) groups is 2. The van der Waals surface area contributed by atoms with Crippen molar-refractivity contribution in [2.45, 2.75) is 30.6 Å². The van der Waals surface area contributed by atoms with Gasteiger partial charge in [-0.25, -0.2) is 8.42 Å². The average Bonchev–Trinajstić information content (AvgIpc) is 3.15. The van der Waals surface area contributed by atoms with Gasteiger partial charge in [0.25, 0.3) is 0 Å².